The Balaban J connectivity index is 2.37. The standard InChI is InChI=1S/C13H14N4/c1-10-7-11(9-15-8-10)13(17-14)16-12-5-3-2-4-6-12/h2-9H,14H2,1H3,(H,16,17). The normalized spacial score (nSPS) is 11.3. The molecule has 0 saturated heterocycles. The second kappa shape index (κ2) is 5.23. The maximum Gasteiger partial charge on any atom is 0.149 e. The SMILES string of the molecule is Cc1cncc(C(=Nc2ccccc2)NN)c1. The molecule has 0 spiro atoms. The summed E-state index contributed by atoms with van der Waals surface area (Å²) in [6, 6.07) is 11.6. The second-order valence-corrected chi connectivity index (χ2v) is 3.69. The van der Waals surface area contributed by atoms with Crippen LogP contribution in [0.1, 0.15) is 11.1 Å². The van der Waals surface area contributed by atoms with Gasteiger partial charge in [-0.1, -0.05) is 18.2 Å². The second-order valence-electron chi connectivity index (χ2n) is 3.69. The predicted octanol–water partition coefficient (Wildman–Crippen LogP) is 1.93. The molecule has 2 rings (SSSR count). The van der Waals surface area contributed by atoms with Crippen molar-refractivity contribution >= 4 is 11.5 Å². The molecule has 0 atom stereocenters. The maximum atomic E-state index is 5.49. The van der Waals surface area contributed by atoms with Crippen molar-refractivity contribution in [2.24, 2.45) is 10.8 Å². The minimum atomic E-state index is 0.604. The van der Waals surface area contributed by atoms with E-state index in [0.717, 1.165) is 16.8 Å². The summed E-state index contributed by atoms with van der Waals surface area (Å²) in [6.07, 6.45) is 3.52. The molecular formula is C13H14N4. The third kappa shape index (κ3) is 2.89. The van der Waals surface area contributed by atoms with E-state index in [-0.39, 0.29) is 0 Å². The Bertz CT molecular complexity index is 520. The van der Waals surface area contributed by atoms with Gasteiger partial charge in [-0.25, -0.2) is 10.8 Å². The Morgan fingerprint density at radius 3 is 2.65 bits per heavy atom. The van der Waals surface area contributed by atoms with Crippen molar-refractivity contribution in [3.8, 4) is 0 Å². The number of para-hydroxylation sites is 1. The van der Waals surface area contributed by atoms with Crippen LogP contribution >= 0.6 is 0 Å². The lowest BCUT2D eigenvalue weighted by Gasteiger charge is -2.06. The summed E-state index contributed by atoms with van der Waals surface area (Å²) < 4.78 is 0. The topological polar surface area (TPSA) is 63.3 Å². The van der Waals surface area contributed by atoms with Crippen molar-refractivity contribution < 1.29 is 0 Å². The summed E-state index contributed by atoms with van der Waals surface area (Å²) in [5, 5.41) is 0. The minimum Gasteiger partial charge on any atom is -0.308 e. The van der Waals surface area contributed by atoms with E-state index < -0.39 is 0 Å². The molecule has 0 saturated carbocycles. The first kappa shape index (κ1) is 11.3. The number of hydrazine groups is 1. The Kier molecular flexibility index (Phi) is 3.47. The van der Waals surface area contributed by atoms with Gasteiger partial charge in [0, 0.05) is 18.0 Å². The van der Waals surface area contributed by atoms with E-state index in [9.17, 15) is 0 Å². The third-order valence-electron chi connectivity index (χ3n) is 2.28. The average Bonchev–Trinajstić information content (AvgIpc) is 2.37. The van der Waals surface area contributed by atoms with E-state index in [2.05, 4.69) is 15.4 Å². The molecule has 4 heteroatoms. The molecular weight excluding hydrogens is 212 g/mol. The van der Waals surface area contributed by atoms with Gasteiger partial charge in [-0.15, -0.1) is 0 Å². The number of hydrogen-bond acceptors (Lipinski definition) is 3. The highest BCUT2D eigenvalue weighted by Gasteiger charge is 2.02. The number of aryl methyl sites for hydroxylation is 1. The van der Waals surface area contributed by atoms with Gasteiger partial charge in [-0.3, -0.25) is 4.98 Å². The van der Waals surface area contributed by atoms with Crippen LogP contribution in [0.5, 0.6) is 0 Å². The smallest absolute Gasteiger partial charge is 0.149 e. The fourth-order valence-electron chi connectivity index (χ4n) is 1.50. The van der Waals surface area contributed by atoms with Gasteiger partial charge in [0.25, 0.3) is 0 Å². The quantitative estimate of drug-likeness (QED) is 0.356. The van der Waals surface area contributed by atoms with Crippen LogP contribution in [-0.4, -0.2) is 10.8 Å². The van der Waals surface area contributed by atoms with Crippen LogP contribution in [-0.2, 0) is 0 Å². The van der Waals surface area contributed by atoms with E-state index in [1.54, 1.807) is 12.4 Å². The summed E-state index contributed by atoms with van der Waals surface area (Å²) >= 11 is 0. The predicted molar refractivity (Wildman–Crippen MR) is 68.9 cm³/mol. The third-order valence-corrected chi connectivity index (χ3v) is 2.28. The lowest BCUT2D eigenvalue weighted by atomic mass is 10.2. The van der Waals surface area contributed by atoms with E-state index in [0.29, 0.717) is 5.84 Å². The number of hydrogen-bond donors (Lipinski definition) is 2. The minimum absolute atomic E-state index is 0.604. The molecule has 86 valence electrons. The van der Waals surface area contributed by atoms with Crippen LogP contribution in [0.4, 0.5) is 5.69 Å². The van der Waals surface area contributed by atoms with Gasteiger partial charge in [0.1, 0.15) is 5.84 Å². The number of aliphatic imine (C=N–C) groups is 1. The number of nitrogens with two attached hydrogens (primary N) is 1. The van der Waals surface area contributed by atoms with Crippen LogP contribution in [0.2, 0.25) is 0 Å². The number of amidine groups is 1. The summed E-state index contributed by atoms with van der Waals surface area (Å²) in [4.78, 5) is 8.55. The lowest BCUT2D eigenvalue weighted by molar-refractivity contribution is 1.02. The molecule has 0 amide bonds. The highest BCUT2D eigenvalue weighted by molar-refractivity contribution is 5.99. The van der Waals surface area contributed by atoms with E-state index in [1.165, 1.54) is 0 Å². The molecule has 0 aliphatic heterocycles. The van der Waals surface area contributed by atoms with Crippen LogP contribution in [0.3, 0.4) is 0 Å². The van der Waals surface area contributed by atoms with Gasteiger partial charge in [-0.05, 0) is 30.7 Å². The van der Waals surface area contributed by atoms with Gasteiger partial charge in [-0.2, -0.15) is 0 Å². The summed E-state index contributed by atoms with van der Waals surface area (Å²) in [6.45, 7) is 1.98. The van der Waals surface area contributed by atoms with Crippen LogP contribution in [0, 0.1) is 6.92 Å². The van der Waals surface area contributed by atoms with Crippen molar-refractivity contribution in [1.29, 1.82) is 0 Å². The number of pyridine rings is 1. The molecule has 4 nitrogen and oxygen atoms in total. The lowest BCUT2D eigenvalue weighted by Crippen LogP contribution is -2.31. The van der Waals surface area contributed by atoms with Crippen LogP contribution in [0.25, 0.3) is 0 Å². The van der Waals surface area contributed by atoms with E-state index in [1.807, 2.05) is 43.3 Å². The van der Waals surface area contributed by atoms with Crippen LogP contribution in [0.15, 0.2) is 53.8 Å². The van der Waals surface area contributed by atoms with Crippen molar-refractivity contribution in [1.82, 2.24) is 10.4 Å². The van der Waals surface area contributed by atoms with Crippen molar-refractivity contribution in [3.63, 3.8) is 0 Å². The van der Waals surface area contributed by atoms with Gasteiger partial charge in [0.2, 0.25) is 0 Å². The number of rotatable bonds is 2. The molecule has 0 aliphatic carbocycles. The zero-order valence-electron chi connectivity index (χ0n) is 9.59. The van der Waals surface area contributed by atoms with E-state index >= 15 is 0 Å². The molecule has 0 unspecified atom stereocenters. The molecule has 0 bridgehead atoms. The van der Waals surface area contributed by atoms with Crippen molar-refractivity contribution in [2.45, 2.75) is 6.92 Å². The molecule has 0 fully saturated rings. The zero-order chi connectivity index (χ0) is 12.1. The van der Waals surface area contributed by atoms with Crippen molar-refractivity contribution in [3.05, 3.63) is 59.9 Å². The largest absolute Gasteiger partial charge is 0.308 e. The zero-order valence-corrected chi connectivity index (χ0v) is 9.59. The molecule has 0 radical (unpaired) electrons. The van der Waals surface area contributed by atoms with Crippen molar-refractivity contribution in [2.75, 3.05) is 0 Å². The molecule has 1 aromatic heterocycles. The van der Waals surface area contributed by atoms with E-state index in [4.69, 9.17) is 5.84 Å². The first-order valence-electron chi connectivity index (χ1n) is 5.32. The fraction of sp³-hybridized carbons (Fsp3) is 0.0769. The number of benzene rings is 1. The average molecular weight is 226 g/mol. The highest BCUT2D eigenvalue weighted by Crippen LogP contribution is 2.12. The Morgan fingerprint density at radius 2 is 2.00 bits per heavy atom. The number of nitrogens with one attached hydrogen (secondary N) is 1. The van der Waals surface area contributed by atoms with Crippen LogP contribution < -0.4 is 11.3 Å². The summed E-state index contributed by atoms with van der Waals surface area (Å²) in [7, 11) is 0. The number of nitrogens with zero attached hydrogens (tertiary/aromatic N) is 2. The monoisotopic (exact) mass is 226 g/mol. The highest BCUT2D eigenvalue weighted by atomic mass is 15.2. The number of aromatic nitrogens is 1. The van der Waals surface area contributed by atoms with Gasteiger partial charge < -0.3 is 5.43 Å². The first-order valence-corrected chi connectivity index (χ1v) is 5.32. The van der Waals surface area contributed by atoms with Gasteiger partial charge >= 0.3 is 0 Å². The summed E-state index contributed by atoms with van der Waals surface area (Å²) in [5.41, 5.74) is 5.39. The first-order chi connectivity index (χ1) is 8.29. The summed E-state index contributed by atoms with van der Waals surface area (Å²) in [5.74, 6) is 6.10. The molecule has 3 N–H and O–H groups in total. The van der Waals surface area contributed by atoms with Gasteiger partial charge in [0.15, 0.2) is 0 Å². The molecule has 2 aromatic rings. The molecule has 17 heavy (non-hydrogen) atoms. The molecule has 1 aromatic carbocycles. The Hall–Kier alpha value is -2.20. The van der Waals surface area contributed by atoms with Gasteiger partial charge in [0.05, 0.1) is 5.69 Å². The molecule has 1 heterocycles. The maximum absolute atomic E-state index is 5.49. The Labute approximate surface area is 100 Å². The fourth-order valence-corrected chi connectivity index (χ4v) is 1.50. The Morgan fingerprint density at radius 1 is 1.24 bits per heavy atom. The molecule has 0 aliphatic rings.